The van der Waals surface area contributed by atoms with Gasteiger partial charge in [0.15, 0.2) is 10.9 Å². The highest BCUT2D eigenvalue weighted by Crippen LogP contribution is 2.24. The number of H-pyrrole nitrogens is 1. The summed E-state index contributed by atoms with van der Waals surface area (Å²) in [5.41, 5.74) is 5.90. The van der Waals surface area contributed by atoms with Crippen LogP contribution in [0.25, 0.3) is 0 Å². The molecule has 0 atom stereocenters. The molecule has 0 saturated heterocycles. The Morgan fingerprint density at radius 3 is 2.63 bits per heavy atom. The molecule has 0 aliphatic carbocycles. The Labute approximate surface area is 114 Å². The molecule has 1 heterocycles. The second-order valence-electron chi connectivity index (χ2n) is 3.88. The number of anilines is 1. The summed E-state index contributed by atoms with van der Waals surface area (Å²) in [6.45, 7) is 1.83. The van der Waals surface area contributed by atoms with Crippen LogP contribution in [0.5, 0.6) is 0 Å². The zero-order chi connectivity index (χ0) is 13.8. The van der Waals surface area contributed by atoms with Crippen molar-refractivity contribution in [3.63, 3.8) is 0 Å². The zero-order valence-corrected chi connectivity index (χ0v) is 11.2. The van der Waals surface area contributed by atoms with Crippen molar-refractivity contribution >= 4 is 23.4 Å². The number of rotatable bonds is 4. The van der Waals surface area contributed by atoms with Crippen LogP contribution >= 0.6 is 11.8 Å². The van der Waals surface area contributed by atoms with Crippen LogP contribution in [0.3, 0.4) is 0 Å². The third-order valence-electron chi connectivity index (χ3n) is 2.45. The molecule has 0 amide bonds. The van der Waals surface area contributed by atoms with Gasteiger partial charge in [0.05, 0.1) is 0 Å². The van der Waals surface area contributed by atoms with Gasteiger partial charge in [0.25, 0.3) is 5.56 Å². The van der Waals surface area contributed by atoms with E-state index in [1.807, 2.05) is 19.1 Å². The quantitative estimate of drug-likeness (QED) is 0.659. The van der Waals surface area contributed by atoms with Crippen LogP contribution in [0.2, 0.25) is 0 Å². The van der Waals surface area contributed by atoms with E-state index in [-0.39, 0.29) is 17.2 Å². The molecule has 6 heteroatoms. The summed E-state index contributed by atoms with van der Waals surface area (Å²) < 4.78 is 0. The summed E-state index contributed by atoms with van der Waals surface area (Å²) in [6, 6.07) is 8.39. The average molecular weight is 275 g/mol. The fourth-order valence-electron chi connectivity index (χ4n) is 1.53. The maximum Gasteiger partial charge on any atom is 0.253 e. The van der Waals surface area contributed by atoms with Crippen molar-refractivity contribution in [1.29, 1.82) is 0 Å². The van der Waals surface area contributed by atoms with E-state index in [9.17, 15) is 9.59 Å². The predicted octanol–water partition coefficient (Wildman–Crippen LogP) is 2.10. The van der Waals surface area contributed by atoms with Gasteiger partial charge in [-0.15, -0.1) is 0 Å². The minimum absolute atomic E-state index is 0.104. The zero-order valence-electron chi connectivity index (χ0n) is 10.3. The molecule has 0 aliphatic heterocycles. The molecule has 98 valence electrons. The SMILES string of the molecule is CCC(=O)c1ccc(Sc2nc(N)cc(=O)[nH]2)cc1. The molecule has 19 heavy (non-hydrogen) atoms. The van der Waals surface area contributed by atoms with E-state index >= 15 is 0 Å². The monoisotopic (exact) mass is 275 g/mol. The number of Topliss-reactive ketones (excluding diaryl/α,β-unsaturated/α-hetero) is 1. The molecule has 0 saturated carbocycles. The molecule has 2 aromatic rings. The van der Waals surface area contributed by atoms with Gasteiger partial charge in [-0.3, -0.25) is 9.59 Å². The van der Waals surface area contributed by atoms with Crippen molar-refractivity contribution in [2.75, 3.05) is 5.73 Å². The molecule has 0 bridgehead atoms. The van der Waals surface area contributed by atoms with Crippen molar-refractivity contribution < 1.29 is 4.79 Å². The minimum Gasteiger partial charge on any atom is -0.383 e. The Kier molecular flexibility index (Phi) is 4.01. The first kappa shape index (κ1) is 13.4. The third kappa shape index (κ3) is 3.45. The Bertz CT molecular complexity index is 650. The van der Waals surface area contributed by atoms with Gasteiger partial charge in [-0.05, 0) is 12.1 Å². The average Bonchev–Trinajstić information content (AvgIpc) is 2.37. The van der Waals surface area contributed by atoms with Crippen LogP contribution in [0.15, 0.2) is 45.2 Å². The molecule has 0 spiro atoms. The summed E-state index contributed by atoms with van der Waals surface area (Å²) in [4.78, 5) is 30.2. The van der Waals surface area contributed by atoms with E-state index in [1.165, 1.54) is 17.8 Å². The smallest absolute Gasteiger partial charge is 0.253 e. The number of nitrogens with one attached hydrogen (secondary N) is 1. The van der Waals surface area contributed by atoms with E-state index in [2.05, 4.69) is 9.97 Å². The van der Waals surface area contributed by atoms with Crippen molar-refractivity contribution in [3.05, 3.63) is 46.2 Å². The number of nitrogen functional groups attached to an aromatic ring is 1. The lowest BCUT2D eigenvalue weighted by Crippen LogP contribution is -2.09. The summed E-state index contributed by atoms with van der Waals surface area (Å²) in [5.74, 6) is 0.288. The van der Waals surface area contributed by atoms with Crippen LogP contribution in [-0.2, 0) is 0 Å². The number of nitrogens with zero attached hydrogens (tertiary/aromatic N) is 1. The Morgan fingerprint density at radius 1 is 1.37 bits per heavy atom. The lowest BCUT2D eigenvalue weighted by atomic mass is 10.1. The molecule has 0 fully saturated rings. The maximum absolute atomic E-state index is 11.5. The molecule has 3 N–H and O–H groups in total. The number of benzene rings is 1. The summed E-state index contributed by atoms with van der Waals surface area (Å²) in [6.07, 6.45) is 0.483. The second-order valence-corrected chi connectivity index (χ2v) is 4.94. The van der Waals surface area contributed by atoms with E-state index in [0.29, 0.717) is 17.1 Å². The van der Waals surface area contributed by atoms with Crippen molar-refractivity contribution in [3.8, 4) is 0 Å². The van der Waals surface area contributed by atoms with Gasteiger partial charge in [-0.25, -0.2) is 4.98 Å². The van der Waals surface area contributed by atoms with Gasteiger partial charge >= 0.3 is 0 Å². The summed E-state index contributed by atoms with van der Waals surface area (Å²) >= 11 is 1.29. The lowest BCUT2D eigenvalue weighted by molar-refractivity contribution is 0.0988. The number of aromatic nitrogens is 2. The highest BCUT2D eigenvalue weighted by atomic mass is 32.2. The normalized spacial score (nSPS) is 10.4. The third-order valence-corrected chi connectivity index (χ3v) is 3.35. The highest BCUT2D eigenvalue weighted by molar-refractivity contribution is 7.99. The topological polar surface area (TPSA) is 88.8 Å². The Hall–Kier alpha value is -2.08. The molecule has 1 aromatic heterocycles. The first-order chi connectivity index (χ1) is 9.08. The summed E-state index contributed by atoms with van der Waals surface area (Å²) in [7, 11) is 0. The standard InChI is InChI=1S/C13H13N3O2S/c1-2-10(17)8-3-5-9(6-4-8)19-13-15-11(14)7-12(18)16-13/h3-7H,2H2,1H3,(H3,14,15,16,18). The fourth-order valence-corrected chi connectivity index (χ4v) is 2.32. The van der Waals surface area contributed by atoms with Gasteiger partial charge in [0.2, 0.25) is 0 Å². The number of nitrogens with two attached hydrogens (primary N) is 1. The summed E-state index contributed by atoms with van der Waals surface area (Å²) in [5, 5.41) is 0.430. The maximum atomic E-state index is 11.5. The first-order valence-corrected chi connectivity index (χ1v) is 6.58. The fraction of sp³-hybridized carbons (Fsp3) is 0.154. The van der Waals surface area contributed by atoms with Gasteiger partial charge in [0, 0.05) is 22.9 Å². The Morgan fingerprint density at radius 2 is 2.05 bits per heavy atom. The predicted molar refractivity (Wildman–Crippen MR) is 74.5 cm³/mol. The van der Waals surface area contributed by atoms with Crippen molar-refractivity contribution in [2.45, 2.75) is 23.4 Å². The van der Waals surface area contributed by atoms with E-state index in [0.717, 1.165) is 4.90 Å². The molecule has 5 nitrogen and oxygen atoms in total. The number of hydrogen-bond acceptors (Lipinski definition) is 5. The lowest BCUT2D eigenvalue weighted by Gasteiger charge is -2.03. The molecule has 0 radical (unpaired) electrons. The highest BCUT2D eigenvalue weighted by Gasteiger charge is 2.05. The molecule has 2 rings (SSSR count). The van der Waals surface area contributed by atoms with Crippen molar-refractivity contribution in [2.24, 2.45) is 0 Å². The molecular formula is C13H13N3O2S. The molecule has 0 unspecified atom stereocenters. The van der Waals surface area contributed by atoms with Gasteiger partial charge < -0.3 is 10.7 Å². The van der Waals surface area contributed by atoms with Gasteiger partial charge in [0.1, 0.15) is 5.82 Å². The number of carbonyl (C=O) groups excluding carboxylic acids is 1. The van der Waals surface area contributed by atoms with Crippen LogP contribution in [0.4, 0.5) is 5.82 Å². The minimum atomic E-state index is -0.284. The van der Waals surface area contributed by atoms with Crippen LogP contribution in [0, 0.1) is 0 Å². The number of hydrogen-bond donors (Lipinski definition) is 2. The van der Waals surface area contributed by atoms with Crippen LogP contribution in [0.1, 0.15) is 23.7 Å². The largest absolute Gasteiger partial charge is 0.383 e. The van der Waals surface area contributed by atoms with Crippen LogP contribution in [-0.4, -0.2) is 15.8 Å². The molecule has 1 aromatic carbocycles. The second kappa shape index (κ2) is 5.71. The number of carbonyl (C=O) groups is 1. The first-order valence-electron chi connectivity index (χ1n) is 5.76. The van der Waals surface area contributed by atoms with E-state index in [4.69, 9.17) is 5.73 Å². The van der Waals surface area contributed by atoms with Gasteiger partial charge in [-0.2, -0.15) is 0 Å². The van der Waals surface area contributed by atoms with E-state index in [1.54, 1.807) is 12.1 Å². The van der Waals surface area contributed by atoms with Crippen molar-refractivity contribution in [1.82, 2.24) is 9.97 Å². The number of aromatic amines is 1. The number of ketones is 1. The molecular weight excluding hydrogens is 262 g/mol. The van der Waals surface area contributed by atoms with E-state index < -0.39 is 0 Å². The molecule has 0 aliphatic rings. The Balaban J connectivity index is 2.19. The van der Waals surface area contributed by atoms with Gasteiger partial charge in [-0.1, -0.05) is 30.8 Å². The van der Waals surface area contributed by atoms with Crippen LogP contribution < -0.4 is 11.3 Å².